The fraction of sp³-hybridized carbons (Fsp3) is 0.615. The van der Waals surface area contributed by atoms with Gasteiger partial charge in [0.25, 0.3) is 0 Å². The molecule has 108 valence electrons. The Labute approximate surface area is 111 Å². The number of hydrogen-bond donors (Lipinski definition) is 1. The van der Waals surface area contributed by atoms with Gasteiger partial charge in [0, 0.05) is 24.3 Å². The number of aryl methyl sites for hydroxylation is 1. The van der Waals surface area contributed by atoms with E-state index < -0.39 is 12.3 Å². The van der Waals surface area contributed by atoms with Crippen LogP contribution in [0.4, 0.5) is 13.2 Å². The summed E-state index contributed by atoms with van der Waals surface area (Å²) in [5.41, 5.74) is 1.48. The van der Waals surface area contributed by atoms with Crippen molar-refractivity contribution in [3.8, 4) is 5.88 Å². The average molecular weight is 276 g/mol. The highest BCUT2D eigenvalue weighted by atomic mass is 19.4. The predicted octanol–water partition coefficient (Wildman–Crippen LogP) is 3.22. The summed E-state index contributed by atoms with van der Waals surface area (Å²) in [5.74, 6) is 0.00498. The normalized spacial score (nSPS) is 13.7. The molecule has 1 unspecified atom stereocenters. The van der Waals surface area contributed by atoms with E-state index in [0.29, 0.717) is 18.3 Å². The summed E-state index contributed by atoms with van der Waals surface area (Å²) in [6.45, 7) is 7.26. The van der Waals surface area contributed by atoms with Gasteiger partial charge >= 0.3 is 6.18 Å². The summed E-state index contributed by atoms with van der Waals surface area (Å²) < 4.78 is 42.1. The fourth-order valence-corrected chi connectivity index (χ4v) is 1.44. The van der Waals surface area contributed by atoms with E-state index in [9.17, 15) is 13.2 Å². The summed E-state index contributed by atoms with van der Waals surface area (Å²) in [4.78, 5) is 3.96. The molecule has 0 aliphatic rings. The van der Waals surface area contributed by atoms with Crippen molar-refractivity contribution < 1.29 is 17.9 Å². The van der Waals surface area contributed by atoms with Gasteiger partial charge in [0.05, 0.1) is 0 Å². The molecular weight excluding hydrogens is 257 g/mol. The quantitative estimate of drug-likeness (QED) is 0.896. The van der Waals surface area contributed by atoms with Crippen LogP contribution in [-0.2, 0) is 6.54 Å². The minimum atomic E-state index is -4.39. The van der Waals surface area contributed by atoms with Gasteiger partial charge in [-0.3, -0.25) is 0 Å². The van der Waals surface area contributed by atoms with E-state index in [2.05, 4.69) is 10.3 Å². The molecule has 0 radical (unpaired) electrons. The van der Waals surface area contributed by atoms with E-state index in [4.69, 9.17) is 4.74 Å². The summed E-state index contributed by atoms with van der Waals surface area (Å²) in [7, 11) is 0. The summed E-state index contributed by atoms with van der Waals surface area (Å²) in [5, 5.41) is 3.19. The van der Waals surface area contributed by atoms with Gasteiger partial charge in [-0.25, -0.2) is 4.98 Å². The molecule has 1 N–H and O–H groups in total. The average Bonchev–Trinajstić information content (AvgIpc) is 2.24. The maximum atomic E-state index is 12.4. The van der Waals surface area contributed by atoms with Crippen LogP contribution in [0.15, 0.2) is 12.1 Å². The summed E-state index contributed by atoms with van der Waals surface area (Å²) in [6, 6.07) is 3.65. The van der Waals surface area contributed by atoms with Crippen molar-refractivity contribution >= 4 is 0 Å². The van der Waals surface area contributed by atoms with Gasteiger partial charge in [0.15, 0.2) is 6.10 Å². The maximum absolute atomic E-state index is 12.4. The molecule has 0 aliphatic carbocycles. The first kappa shape index (κ1) is 15.8. The lowest BCUT2D eigenvalue weighted by molar-refractivity contribution is -0.190. The van der Waals surface area contributed by atoms with Crippen LogP contribution in [0.25, 0.3) is 0 Å². The van der Waals surface area contributed by atoms with Crippen molar-refractivity contribution in [2.24, 2.45) is 0 Å². The predicted molar refractivity (Wildman–Crippen MR) is 67.1 cm³/mol. The molecule has 1 atom stereocenters. The van der Waals surface area contributed by atoms with Gasteiger partial charge in [-0.1, -0.05) is 13.8 Å². The third-order valence-electron chi connectivity index (χ3n) is 2.46. The standard InChI is InChI=1S/C13H19F3N2O/c1-8(2)17-7-11-5-9(3)18-12(6-11)19-10(4)13(14,15)16/h5-6,8,10,17H,7H2,1-4H3. The first-order chi connectivity index (χ1) is 8.68. The fourth-order valence-electron chi connectivity index (χ4n) is 1.44. The second-order valence-electron chi connectivity index (χ2n) is 4.79. The van der Waals surface area contributed by atoms with Crippen LogP contribution in [-0.4, -0.2) is 23.3 Å². The summed E-state index contributed by atoms with van der Waals surface area (Å²) in [6.07, 6.45) is -6.25. The van der Waals surface area contributed by atoms with E-state index in [1.165, 1.54) is 6.07 Å². The molecule has 0 bridgehead atoms. The molecule has 6 heteroatoms. The highest BCUT2D eigenvalue weighted by molar-refractivity contribution is 5.24. The highest BCUT2D eigenvalue weighted by Crippen LogP contribution is 2.24. The van der Waals surface area contributed by atoms with Crippen LogP contribution < -0.4 is 10.1 Å². The number of aromatic nitrogens is 1. The third kappa shape index (κ3) is 5.46. The Morgan fingerprint density at radius 3 is 2.42 bits per heavy atom. The van der Waals surface area contributed by atoms with E-state index in [0.717, 1.165) is 12.5 Å². The molecular formula is C13H19F3N2O. The Morgan fingerprint density at radius 1 is 1.26 bits per heavy atom. The number of hydrogen-bond acceptors (Lipinski definition) is 3. The Balaban J connectivity index is 2.79. The van der Waals surface area contributed by atoms with Crippen molar-refractivity contribution in [1.82, 2.24) is 10.3 Å². The maximum Gasteiger partial charge on any atom is 0.425 e. The second-order valence-corrected chi connectivity index (χ2v) is 4.79. The zero-order valence-corrected chi connectivity index (χ0v) is 11.5. The lowest BCUT2D eigenvalue weighted by atomic mass is 10.2. The SMILES string of the molecule is Cc1cc(CNC(C)C)cc(OC(C)C(F)(F)F)n1. The largest absolute Gasteiger partial charge is 0.465 e. The van der Waals surface area contributed by atoms with Crippen LogP contribution >= 0.6 is 0 Å². The van der Waals surface area contributed by atoms with E-state index in [-0.39, 0.29) is 5.88 Å². The van der Waals surface area contributed by atoms with Crippen molar-refractivity contribution in [1.29, 1.82) is 0 Å². The zero-order valence-electron chi connectivity index (χ0n) is 11.5. The van der Waals surface area contributed by atoms with Crippen LogP contribution in [0, 0.1) is 6.92 Å². The Morgan fingerprint density at radius 2 is 1.89 bits per heavy atom. The monoisotopic (exact) mass is 276 g/mol. The zero-order chi connectivity index (χ0) is 14.6. The molecule has 1 rings (SSSR count). The summed E-state index contributed by atoms with van der Waals surface area (Å²) >= 11 is 0. The molecule has 0 fully saturated rings. The van der Waals surface area contributed by atoms with Crippen molar-refractivity contribution in [3.63, 3.8) is 0 Å². The van der Waals surface area contributed by atoms with Crippen LogP contribution in [0.1, 0.15) is 32.0 Å². The molecule has 0 spiro atoms. The topological polar surface area (TPSA) is 34.1 Å². The minimum absolute atomic E-state index is 0.00498. The lowest BCUT2D eigenvalue weighted by Gasteiger charge is -2.18. The van der Waals surface area contributed by atoms with Gasteiger partial charge in [-0.2, -0.15) is 13.2 Å². The number of alkyl halides is 3. The first-order valence-corrected chi connectivity index (χ1v) is 6.13. The van der Waals surface area contributed by atoms with E-state index in [1.807, 2.05) is 19.9 Å². The van der Waals surface area contributed by atoms with E-state index in [1.54, 1.807) is 6.92 Å². The van der Waals surface area contributed by atoms with Crippen molar-refractivity contribution in [2.45, 2.75) is 52.6 Å². The van der Waals surface area contributed by atoms with Crippen molar-refractivity contribution in [3.05, 3.63) is 23.4 Å². The van der Waals surface area contributed by atoms with Crippen molar-refractivity contribution in [2.75, 3.05) is 0 Å². The van der Waals surface area contributed by atoms with Gasteiger partial charge in [-0.15, -0.1) is 0 Å². The third-order valence-corrected chi connectivity index (χ3v) is 2.46. The smallest absolute Gasteiger partial charge is 0.425 e. The number of pyridine rings is 1. The molecule has 1 aromatic rings. The number of ether oxygens (including phenoxy) is 1. The van der Waals surface area contributed by atoms with Crippen LogP contribution in [0.2, 0.25) is 0 Å². The van der Waals surface area contributed by atoms with Crippen LogP contribution in [0.5, 0.6) is 5.88 Å². The molecule has 19 heavy (non-hydrogen) atoms. The van der Waals surface area contributed by atoms with Gasteiger partial charge < -0.3 is 10.1 Å². The van der Waals surface area contributed by atoms with Gasteiger partial charge in [-0.05, 0) is 25.5 Å². The first-order valence-electron chi connectivity index (χ1n) is 6.13. The van der Waals surface area contributed by atoms with Gasteiger partial charge in [0.2, 0.25) is 5.88 Å². The molecule has 0 aliphatic heterocycles. The molecule has 0 saturated carbocycles. The highest BCUT2D eigenvalue weighted by Gasteiger charge is 2.38. The minimum Gasteiger partial charge on any atom is -0.465 e. The molecule has 1 heterocycles. The molecule has 0 amide bonds. The molecule has 0 saturated heterocycles. The lowest BCUT2D eigenvalue weighted by Crippen LogP contribution is -2.31. The Hall–Kier alpha value is -1.30. The number of rotatable bonds is 5. The van der Waals surface area contributed by atoms with Crippen LogP contribution in [0.3, 0.4) is 0 Å². The number of nitrogens with one attached hydrogen (secondary N) is 1. The van der Waals surface area contributed by atoms with Gasteiger partial charge in [0.1, 0.15) is 0 Å². The number of halogens is 3. The Kier molecular flexibility index (Phi) is 5.17. The molecule has 3 nitrogen and oxygen atoms in total. The number of nitrogens with zero attached hydrogens (tertiary/aromatic N) is 1. The second kappa shape index (κ2) is 6.23. The Bertz CT molecular complexity index is 419. The van der Waals surface area contributed by atoms with E-state index >= 15 is 0 Å². The molecule has 1 aromatic heterocycles. The molecule has 0 aromatic carbocycles.